The number of carbonyl (C=O) groups is 2. The Balaban J connectivity index is 2.33. The van der Waals surface area contributed by atoms with Gasteiger partial charge in [0, 0.05) is 11.9 Å². The molecule has 1 aromatic heterocycles. The first kappa shape index (κ1) is 14.6. The van der Waals surface area contributed by atoms with E-state index in [0.717, 1.165) is 5.56 Å². The Morgan fingerprint density at radius 2 is 1.86 bits per heavy atom. The summed E-state index contributed by atoms with van der Waals surface area (Å²) in [7, 11) is 0. The molecule has 2 N–H and O–H groups in total. The van der Waals surface area contributed by atoms with Crippen LogP contribution in [0.4, 0.5) is 5.69 Å². The summed E-state index contributed by atoms with van der Waals surface area (Å²) in [6, 6.07) is 4.69. The second-order valence-electron chi connectivity index (χ2n) is 4.73. The lowest BCUT2D eigenvalue weighted by Crippen LogP contribution is -2.16. The van der Waals surface area contributed by atoms with Gasteiger partial charge in [0.05, 0.1) is 5.56 Å². The van der Waals surface area contributed by atoms with E-state index in [4.69, 9.17) is 5.11 Å². The van der Waals surface area contributed by atoms with Gasteiger partial charge >= 0.3 is 5.97 Å². The number of rotatable bonds is 3. The molecule has 1 aromatic carbocycles. The van der Waals surface area contributed by atoms with Crippen molar-refractivity contribution in [3.8, 4) is 0 Å². The van der Waals surface area contributed by atoms with Crippen molar-refractivity contribution in [2.45, 2.75) is 20.8 Å². The molecule has 0 radical (unpaired) electrons. The van der Waals surface area contributed by atoms with Gasteiger partial charge in [-0.25, -0.2) is 14.8 Å². The smallest absolute Gasteiger partial charge is 0.336 e. The van der Waals surface area contributed by atoms with E-state index in [1.165, 1.54) is 18.3 Å². The Bertz CT molecular complexity index is 726. The van der Waals surface area contributed by atoms with Gasteiger partial charge in [0.1, 0.15) is 11.5 Å². The highest BCUT2D eigenvalue weighted by atomic mass is 16.4. The number of nitrogens with one attached hydrogen (secondary N) is 1. The summed E-state index contributed by atoms with van der Waals surface area (Å²) in [5.74, 6) is -0.931. The summed E-state index contributed by atoms with van der Waals surface area (Å²) in [6.45, 7) is 5.21. The number of carboxylic acid groups (broad SMARTS) is 1. The molecule has 0 unspecified atom stereocenters. The molecular formula is C15H15N3O3. The van der Waals surface area contributed by atoms with Crippen molar-refractivity contribution in [2.24, 2.45) is 0 Å². The first-order chi connectivity index (χ1) is 9.88. The SMILES string of the molecule is Cc1nccc(C(=O)Nc2cc(C(=O)O)c(C)cc2C)n1. The fourth-order valence-corrected chi connectivity index (χ4v) is 1.99. The number of amides is 1. The van der Waals surface area contributed by atoms with Crippen LogP contribution in [0.3, 0.4) is 0 Å². The minimum Gasteiger partial charge on any atom is -0.478 e. The Kier molecular flexibility index (Phi) is 3.98. The molecule has 0 aliphatic heterocycles. The highest BCUT2D eigenvalue weighted by molar-refractivity contribution is 6.04. The second kappa shape index (κ2) is 5.70. The molecule has 6 nitrogen and oxygen atoms in total. The molecule has 2 rings (SSSR count). The van der Waals surface area contributed by atoms with Crippen LogP contribution in [0.5, 0.6) is 0 Å². The molecule has 0 bridgehead atoms. The van der Waals surface area contributed by atoms with E-state index >= 15 is 0 Å². The molecule has 0 spiro atoms. The predicted molar refractivity (Wildman–Crippen MR) is 77.6 cm³/mol. The quantitative estimate of drug-likeness (QED) is 0.903. The maximum atomic E-state index is 12.1. The minimum atomic E-state index is -1.03. The first-order valence-electron chi connectivity index (χ1n) is 6.34. The van der Waals surface area contributed by atoms with E-state index in [1.807, 2.05) is 0 Å². The van der Waals surface area contributed by atoms with Crippen molar-refractivity contribution >= 4 is 17.6 Å². The van der Waals surface area contributed by atoms with Crippen LogP contribution in [0, 0.1) is 20.8 Å². The van der Waals surface area contributed by atoms with Crippen molar-refractivity contribution in [3.63, 3.8) is 0 Å². The molecule has 6 heteroatoms. The largest absolute Gasteiger partial charge is 0.478 e. The zero-order chi connectivity index (χ0) is 15.6. The zero-order valence-corrected chi connectivity index (χ0v) is 12.0. The Morgan fingerprint density at radius 1 is 1.14 bits per heavy atom. The molecule has 0 saturated heterocycles. The van der Waals surface area contributed by atoms with Crippen LogP contribution in [-0.2, 0) is 0 Å². The van der Waals surface area contributed by atoms with Crippen molar-refractivity contribution in [3.05, 3.63) is 52.6 Å². The van der Waals surface area contributed by atoms with E-state index in [9.17, 15) is 9.59 Å². The molecule has 0 saturated carbocycles. The summed E-state index contributed by atoms with van der Waals surface area (Å²) in [5, 5.41) is 11.8. The molecule has 108 valence electrons. The standard InChI is InChI=1S/C15H15N3O3/c1-8-6-9(2)13(7-11(8)15(20)21)18-14(19)12-4-5-16-10(3)17-12/h4-7H,1-3H3,(H,18,19)(H,20,21). The van der Waals surface area contributed by atoms with E-state index in [0.29, 0.717) is 17.1 Å². The second-order valence-corrected chi connectivity index (χ2v) is 4.73. The normalized spacial score (nSPS) is 10.2. The fourth-order valence-electron chi connectivity index (χ4n) is 1.99. The molecule has 0 aliphatic rings. The van der Waals surface area contributed by atoms with Crippen LogP contribution in [0.2, 0.25) is 0 Å². The number of hydrogen-bond donors (Lipinski definition) is 2. The Morgan fingerprint density at radius 3 is 2.48 bits per heavy atom. The van der Waals surface area contributed by atoms with Crippen molar-refractivity contribution in [1.29, 1.82) is 0 Å². The van der Waals surface area contributed by atoms with Crippen molar-refractivity contribution < 1.29 is 14.7 Å². The lowest BCUT2D eigenvalue weighted by molar-refractivity contribution is 0.0695. The average Bonchev–Trinajstić information content (AvgIpc) is 2.41. The summed E-state index contributed by atoms with van der Waals surface area (Å²) in [4.78, 5) is 31.2. The number of carbonyl (C=O) groups excluding carboxylic acids is 1. The number of carboxylic acids is 1. The Hall–Kier alpha value is -2.76. The lowest BCUT2D eigenvalue weighted by atomic mass is 10.0. The third kappa shape index (κ3) is 3.22. The summed E-state index contributed by atoms with van der Waals surface area (Å²) in [5.41, 5.74) is 2.29. The lowest BCUT2D eigenvalue weighted by Gasteiger charge is -2.11. The number of nitrogens with zero attached hydrogens (tertiary/aromatic N) is 2. The number of benzene rings is 1. The van der Waals surface area contributed by atoms with Crippen LogP contribution < -0.4 is 5.32 Å². The van der Waals surface area contributed by atoms with E-state index in [-0.39, 0.29) is 11.3 Å². The summed E-state index contributed by atoms with van der Waals surface area (Å²) >= 11 is 0. The van der Waals surface area contributed by atoms with Gasteiger partial charge in [-0.15, -0.1) is 0 Å². The van der Waals surface area contributed by atoms with Gasteiger partial charge in [0.25, 0.3) is 5.91 Å². The molecule has 1 heterocycles. The minimum absolute atomic E-state index is 0.162. The van der Waals surface area contributed by atoms with E-state index in [2.05, 4.69) is 15.3 Å². The molecule has 21 heavy (non-hydrogen) atoms. The molecule has 2 aromatic rings. The topological polar surface area (TPSA) is 92.2 Å². The fraction of sp³-hybridized carbons (Fsp3) is 0.200. The van der Waals surface area contributed by atoms with Gasteiger partial charge in [0.15, 0.2) is 0 Å². The van der Waals surface area contributed by atoms with E-state index < -0.39 is 11.9 Å². The number of hydrogen-bond acceptors (Lipinski definition) is 4. The molecule has 1 amide bonds. The first-order valence-corrected chi connectivity index (χ1v) is 6.34. The van der Waals surface area contributed by atoms with Gasteiger partial charge in [-0.3, -0.25) is 4.79 Å². The number of anilines is 1. The zero-order valence-electron chi connectivity index (χ0n) is 12.0. The van der Waals surface area contributed by atoms with Gasteiger partial charge in [-0.1, -0.05) is 6.07 Å². The molecule has 0 aliphatic carbocycles. The highest BCUT2D eigenvalue weighted by Crippen LogP contribution is 2.21. The molecule has 0 fully saturated rings. The van der Waals surface area contributed by atoms with Crippen molar-refractivity contribution in [2.75, 3.05) is 5.32 Å². The van der Waals surface area contributed by atoms with E-state index in [1.54, 1.807) is 26.8 Å². The highest BCUT2D eigenvalue weighted by Gasteiger charge is 2.14. The van der Waals surface area contributed by atoms with Crippen molar-refractivity contribution in [1.82, 2.24) is 9.97 Å². The van der Waals surface area contributed by atoms with Gasteiger partial charge in [-0.2, -0.15) is 0 Å². The predicted octanol–water partition coefficient (Wildman–Crippen LogP) is 2.35. The molecular weight excluding hydrogens is 270 g/mol. The summed E-state index contributed by atoms with van der Waals surface area (Å²) < 4.78 is 0. The number of aryl methyl sites for hydroxylation is 3. The van der Waals surface area contributed by atoms with Gasteiger partial charge in [-0.05, 0) is 44.0 Å². The van der Waals surface area contributed by atoms with Gasteiger partial charge in [0.2, 0.25) is 0 Å². The monoisotopic (exact) mass is 285 g/mol. The third-order valence-corrected chi connectivity index (χ3v) is 3.06. The molecule has 0 atom stereocenters. The maximum absolute atomic E-state index is 12.1. The van der Waals surface area contributed by atoms with Crippen LogP contribution in [0.1, 0.15) is 37.8 Å². The average molecular weight is 285 g/mol. The van der Waals surface area contributed by atoms with Gasteiger partial charge < -0.3 is 10.4 Å². The van der Waals surface area contributed by atoms with Crippen LogP contribution >= 0.6 is 0 Å². The van der Waals surface area contributed by atoms with Crippen LogP contribution in [0.25, 0.3) is 0 Å². The van der Waals surface area contributed by atoms with Crippen LogP contribution in [-0.4, -0.2) is 27.0 Å². The summed E-state index contributed by atoms with van der Waals surface area (Å²) in [6.07, 6.45) is 1.50. The Labute approximate surface area is 121 Å². The maximum Gasteiger partial charge on any atom is 0.336 e. The third-order valence-electron chi connectivity index (χ3n) is 3.06. The van der Waals surface area contributed by atoms with Crippen LogP contribution in [0.15, 0.2) is 24.4 Å². The number of aromatic carboxylic acids is 1. The number of aromatic nitrogens is 2.